The number of amides is 1. The van der Waals surface area contributed by atoms with Crippen molar-refractivity contribution in [3.63, 3.8) is 0 Å². The second-order valence-corrected chi connectivity index (χ2v) is 4.51. The van der Waals surface area contributed by atoms with Gasteiger partial charge in [0.1, 0.15) is 5.82 Å². The summed E-state index contributed by atoms with van der Waals surface area (Å²) in [5.74, 6) is -0.850. The Morgan fingerprint density at radius 3 is 2.88 bits per heavy atom. The Morgan fingerprint density at radius 1 is 1.56 bits per heavy atom. The lowest BCUT2D eigenvalue weighted by Crippen LogP contribution is -2.26. The van der Waals surface area contributed by atoms with Crippen LogP contribution in [0.15, 0.2) is 18.2 Å². The Balaban J connectivity index is 2.63. The van der Waals surface area contributed by atoms with Gasteiger partial charge in [0.15, 0.2) is 0 Å². The van der Waals surface area contributed by atoms with Crippen LogP contribution in [0.2, 0.25) is 0 Å². The van der Waals surface area contributed by atoms with Crippen LogP contribution in [0.5, 0.6) is 0 Å². The van der Waals surface area contributed by atoms with E-state index in [1.807, 2.05) is 6.92 Å². The molecule has 0 bridgehead atoms. The number of hydrogen-bond donors (Lipinski definition) is 1. The summed E-state index contributed by atoms with van der Waals surface area (Å²) < 4.78 is 13.6. The fourth-order valence-electron chi connectivity index (χ4n) is 1.30. The maximum absolute atomic E-state index is 13.6. The summed E-state index contributed by atoms with van der Waals surface area (Å²) in [5.41, 5.74) is 0.556. The van der Waals surface area contributed by atoms with E-state index in [0.717, 1.165) is 0 Å². The van der Waals surface area contributed by atoms with E-state index in [1.165, 1.54) is 6.07 Å². The molecule has 0 aliphatic rings. The number of nitrogens with one attached hydrogen (secondary N) is 1. The molecule has 1 unspecified atom stereocenters. The van der Waals surface area contributed by atoms with Gasteiger partial charge in [-0.15, -0.1) is 11.6 Å². The fraction of sp³-hybridized carbons (Fsp3) is 0.417. The topological polar surface area (TPSA) is 29.1 Å². The minimum Gasteiger partial charge on any atom is -0.352 e. The first kappa shape index (κ1) is 13.0. The number of carbonyl (C=O) groups is 1. The van der Waals surface area contributed by atoms with Crippen LogP contribution >= 0.6 is 11.6 Å². The van der Waals surface area contributed by atoms with E-state index in [1.54, 1.807) is 19.1 Å². The van der Waals surface area contributed by atoms with Gasteiger partial charge >= 0.3 is 0 Å². The molecule has 1 amide bonds. The maximum Gasteiger partial charge on any atom is 0.254 e. The molecule has 88 valence electrons. The minimum absolute atomic E-state index is 0.00246. The highest BCUT2D eigenvalue weighted by molar-refractivity contribution is 6.20. The monoisotopic (exact) mass is 243 g/mol. The average molecular weight is 244 g/mol. The highest BCUT2D eigenvalue weighted by atomic mass is 35.5. The van der Waals surface area contributed by atoms with Crippen LogP contribution in [0.1, 0.15) is 29.3 Å². The number of alkyl halides is 1. The quantitative estimate of drug-likeness (QED) is 0.810. The summed E-state index contributed by atoms with van der Waals surface area (Å²) in [6.45, 7) is 3.94. The molecule has 0 aromatic heterocycles. The summed E-state index contributed by atoms with van der Waals surface area (Å²) in [6, 6.07) is 4.77. The van der Waals surface area contributed by atoms with E-state index in [0.29, 0.717) is 18.5 Å². The lowest BCUT2D eigenvalue weighted by molar-refractivity contribution is 0.0949. The molecule has 1 aromatic rings. The van der Waals surface area contributed by atoms with Gasteiger partial charge in [0.05, 0.1) is 5.56 Å². The molecule has 0 aliphatic heterocycles. The summed E-state index contributed by atoms with van der Waals surface area (Å²) in [4.78, 5) is 11.6. The number of aryl methyl sites for hydroxylation is 1. The van der Waals surface area contributed by atoms with Crippen molar-refractivity contribution in [1.29, 1.82) is 0 Å². The highest BCUT2D eigenvalue weighted by Gasteiger charge is 2.12. The first-order valence-electron chi connectivity index (χ1n) is 5.19. The Bertz CT molecular complexity index is 379. The van der Waals surface area contributed by atoms with Crippen molar-refractivity contribution in [2.24, 2.45) is 0 Å². The van der Waals surface area contributed by atoms with Gasteiger partial charge in [-0.2, -0.15) is 0 Å². The maximum atomic E-state index is 13.6. The van der Waals surface area contributed by atoms with Crippen LogP contribution in [0, 0.1) is 12.7 Å². The van der Waals surface area contributed by atoms with Crippen LogP contribution < -0.4 is 5.32 Å². The van der Waals surface area contributed by atoms with Crippen LogP contribution in [0.4, 0.5) is 4.39 Å². The molecular weight excluding hydrogens is 229 g/mol. The second kappa shape index (κ2) is 5.85. The predicted octanol–water partition coefficient (Wildman–Crippen LogP) is 2.88. The molecule has 0 saturated heterocycles. The lowest BCUT2D eigenvalue weighted by Gasteiger charge is -2.07. The van der Waals surface area contributed by atoms with Crippen molar-refractivity contribution < 1.29 is 9.18 Å². The third-order valence-corrected chi connectivity index (χ3v) is 2.48. The standard InChI is InChI=1S/C12H15ClFNO/c1-8-4-3-5-10(11(8)14)12(16)15-7-6-9(2)13/h3-5,9H,6-7H2,1-2H3,(H,15,16). The van der Waals surface area contributed by atoms with Crippen molar-refractivity contribution in [1.82, 2.24) is 5.32 Å². The molecule has 0 aliphatic carbocycles. The highest BCUT2D eigenvalue weighted by Crippen LogP contribution is 2.11. The van der Waals surface area contributed by atoms with Gasteiger partial charge in [-0.05, 0) is 31.9 Å². The average Bonchev–Trinajstić information content (AvgIpc) is 2.21. The van der Waals surface area contributed by atoms with Crippen LogP contribution in [-0.2, 0) is 0 Å². The summed E-state index contributed by atoms with van der Waals surface area (Å²) in [5, 5.41) is 2.64. The van der Waals surface area contributed by atoms with Crippen LogP contribution in [0.3, 0.4) is 0 Å². The molecule has 2 nitrogen and oxygen atoms in total. The third kappa shape index (κ3) is 3.49. The van der Waals surface area contributed by atoms with E-state index >= 15 is 0 Å². The number of hydrogen-bond acceptors (Lipinski definition) is 1. The molecule has 1 aromatic carbocycles. The lowest BCUT2D eigenvalue weighted by atomic mass is 10.1. The van der Waals surface area contributed by atoms with E-state index in [9.17, 15) is 9.18 Å². The predicted molar refractivity (Wildman–Crippen MR) is 63.4 cm³/mol. The molecule has 0 heterocycles. The molecule has 0 saturated carbocycles. The molecule has 0 radical (unpaired) electrons. The summed E-state index contributed by atoms with van der Waals surface area (Å²) in [6.07, 6.45) is 0.667. The Kier molecular flexibility index (Phi) is 4.74. The molecule has 1 N–H and O–H groups in total. The van der Waals surface area contributed by atoms with Crippen molar-refractivity contribution >= 4 is 17.5 Å². The molecule has 16 heavy (non-hydrogen) atoms. The number of halogens is 2. The van der Waals surface area contributed by atoms with Crippen LogP contribution in [-0.4, -0.2) is 17.8 Å². The van der Waals surface area contributed by atoms with Crippen molar-refractivity contribution in [3.05, 3.63) is 35.1 Å². The molecule has 0 spiro atoms. The Labute approximate surface area is 99.8 Å². The van der Waals surface area contributed by atoms with Gasteiger partial charge in [-0.3, -0.25) is 4.79 Å². The fourth-order valence-corrected chi connectivity index (χ4v) is 1.41. The van der Waals surface area contributed by atoms with Gasteiger partial charge in [0.2, 0.25) is 0 Å². The summed E-state index contributed by atoms with van der Waals surface area (Å²) in [7, 11) is 0. The Hall–Kier alpha value is -1.09. The first-order chi connectivity index (χ1) is 7.52. The zero-order chi connectivity index (χ0) is 12.1. The number of carbonyl (C=O) groups excluding carboxylic acids is 1. The van der Waals surface area contributed by atoms with E-state index in [-0.39, 0.29) is 10.9 Å². The smallest absolute Gasteiger partial charge is 0.254 e. The molecular formula is C12H15ClFNO. The molecule has 1 atom stereocenters. The summed E-state index contributed by atoms with van der Waals surface area (Å²) >= 11 is 5.74. The normalized spacial score (nSPS) is 12.2. The van der Waals surface area contributed by atoms with Gasteiger partial charge in [-0.25, -0.2) is 4.39 Å². The SMILES string of the molecule is Cc1cccc(C(=O)NCCC(C)Cl)c1F. The number of benzene rings is 1. The second-order valence-electron chi connectivity index (χ2n) is 3.76. The van der Waals surface area contributed by atoms with E-state index < -0.39 is 11.7 Å². The van der Waals surface area contributed by atoms with Gasteiger partial charge in [0, 0.05) is 11.9 Å². The van der Waals surface area contributed by atoms with Crippen molar-refractivity contribution in [3.8, 4) is 0 Å². The molecule has 4 heteroatoms. The molecule has 1 rings (SSSR count). The first-order valence-corrected chi connectivity index (χ1v) is 5.63. The third-order valence-electron chi connectivity index (χ3n) is 2.26. The van der Waals surface area contributed by atoms with Crippen molar-refractivity contribution in [2.75, 3.05) is 6.54 Å². The van der Waals surface area contributed by atoms with Gasteiger partial charge in [0.25, 0.3) is 5.91 Å². The van der Waals surface area contributed by atoms with Gasteiger partial charge in [-0.1, -0.05) is 12.1 Å². The van der Waals surface area contributed by atoms with Crippen molar-refractivity contribution in [2.45, 2.75) is 25.6 Å². The van der Waals surface area contributed by atoms with E-state index in [4.69, 9.17) is 11.6 Å². The Morgan fingerprint density at radius 2 is 2.25 bits per heavy atom. The van der Waals surface area contributed by atoms with Crippen LogP contribution in [0.25, 0.3) is 0 Å². The molecule has 0 fully saturated rings. The van der Waals surface area contributed by atoms with E-state index in [2.05, 4.69) is 5.32 Å². The zero-order valence-corrected chi connectivity index (χ0v) is 10.1. The largest absolute Gasteiger partial charge is 0.352 e. The number of rotatable bonds is 4. The zero-order valence-electron chi connectivity index (χ0n) is 9.39. The van der Waals surface area contributed by atoms with Gasteiger partial charge < -0.3 is 5.32 Å². The minimum atomic E-state index is -0.459.